The van der Waals surface area contributed by atoms with E-state index >= 15 is 0 Å². The predicted octanol–water partition coefficient (Wildman–Crippen LogP) is 0.786. The van der Waals surface area contributed by atoms with Crippen molar-refractivity contribution < 1.29 is 0 Å². The van der Waals surface area contributed by atoms with Gasteiger partial charge in [0.25, 0.3) is 5.56 Å². The van der Waals surface area contributed by atoms with Crippen LogP contribution >= 0.6 is 11.3 Å². The molecule has 1 aromatic carbocycles. The molecule has 0 unspecified atom stereocenters. The summed E-state index contributed by atoms with van der Waals surface area (Å²) in [6.07, 6.45) is 0. The Bertz CT molecular complexity index is 1140. The third-order valence-corrected chi connectivity index (χ3v) is 4.57. The lowest BCUT2D eigenvalue weighted by Crippen LogP contribution is -2.29. The second-order valence-corrected chi connectivity index (χ2v) is 6.12. The summed E-state index contributed by atoms with van der Waals surface area (Å²) in [5.41, 5.74) is 0.0588. The van der Waals surface area contributed by atoms with E-state index in [0.717, 1.165) is 0 Å². The van der Waals surface area contributed by atoms with Crippen LogP contribution in [-0.2, 0) is 13.6 Å². The van der Waals surface area contributed by atoms with E-state index in [1.807, 2.05) is 17.5 Å². The van der Waals surface area contributed by atoms with Crippen molar-refractivity contribution in [2.24, 2.45) is 7.05 Å². The van der Waals surface area contributed by atoms with Gasteiger partial charge in [-0.25, -0.2) is 9.78 Å². The van der Waals surface area contributed by atoms with Gasteiger partial charge in [0.2, 0.25) is 0 Å². The highest BCUT2D eigenvalue weighted by molar-refractivity contribution is 7.12. The second-order valence-electron chi connectivity index (χ2n) is 5.19. The summed E-state index contributed by atoms with van der Waals surface area (Å²) < 4.78 is 3.85. The van der Waals surface area contributed by atoms with Gasteiger partial charge in [0, 0.05) is 7.05 Å². The Hall–Kier alpha value is -3.07. The van der Waals surface area contributed by atoms with E-state index in [0.29, 0.717) is 21.7 Å². The average Bonchev–Trinajstić information content (AvgIpc) is 3.23. The molecule has 24 heavy (non-hydrogen) atoms. The number of aromatic nitrogens is 6. The SMILES string of the molecule is Cn1c(Cn2nnn(-c3cccs3)c2=O)nc2ccccc2c1=O. The van der Waals surface area contributed by atoms with Gasteiger partial charge in [0.15, 0.2) is 0 Å². The van der Waals surface area contributed by atoms with Crippen molar-refractivity contribution in [1.29, 1.82) is 0 Å². The summed E-state index contributed by atoms with van der Waals surface area (Å²) in [6, 6.07) is 10.7. The summed E-state index contributed by atoms with van der Waals surface area (Å²) in [7, 11) is 1.63. The lowest BCUT2D eigenvalue weighted by Gasteiger charge is -2.08. The van der Waals surface area contributed by atoms with E-state index < -0.39 is 0 Å². The Kier molecular flexibility index (Phi) is 3.35. The highest BCUT2D eigenvalue weighted by atomic mass is 32.1. The molecule has 4 aromatic rings. The molecule has 0 amide bonds. The molecule has 9 heteroatoms. The summed E-state index contributed by atoms with van der Waals surface area (Å²) in [5, 5.41) is 10.9. The first kappa shape index (κ1) is 14.5. The number of para-hydroxylation sites is 1. The maximum absolute atomic E-state index is 12.4. The Morgan fingerprint density at radius 3 is 2.71 bits per heavy atom. The number of hydrogen-bond donors (Lipinski definition) is 0. The van der Waals surface area contributed by atoms with E-state index in [1.165, 1.54) is 25.3 Å². The van der Waals surface area contributed by atoms with Crippen LogP contribution in [0.1, 0.15) is 5.82 Å². The maximum Gasteiger partial charge on any atom is 0.369 e. The number of nitrogens with zero attached hydrogens (tertiary/aromatic N) is 6. The molecule has 0 fully saturated rings. The predicted molar refractivity (Wildman–Crippen MR) is 89.6 cm³/mol. The fourth-order valence-corrected chi connectivity index (χ4v) is 3.11. The lowest BCUT2D eigenvalue weighted by atomic mass is 10.2. The molecular formula is C15H12N6O2S. The van der Waals surface area contributed by atoms with Crippen molar-refractivity contribution in [2.75, 3.05) is 0 Å². The first-order chi connectivity index (χ1) is 11.6. The van der Waals surface area contributed by atoms with E-state index in [2.05, 4.69) is 15.4 Å². The van der Waals surface area contributed by atoms with Crippen molar-refractivity contribution in [2.45, 2.75) is 6.54 Å². The number of thiophene rings is 1. The van der Waals surface area contributed by atoms with Crippen LogP contribution in [0.15, 0.2) is 51.4 Å². The van der Waals surface area contributed by atoms with Crippen molar-refractivity contribution >= 4 is 22.2 Å². The molecule has 0 atom stereocenters. The molecule has 8 nitrogen and oxygen atoms in total. The van der Waals surface area contributed by atoms with E-state index in [9.17, 15) is 9.59 Å². The van der Waals surface area contributed by atoms with Crippen LogP contribution in [0.5, 0.6) is 0 Å². The summed E-state index contributed by atoms with van der Waals surface area (Å²) in [6.45, 7) is 0.0702. The highest BCUT2D eigenvalue weighted by Gasteiger charge is 2.13. The molecule has 0 radical (unpaired) electrons. The quantitative estimate of drug-likeness (QED) is 0.550. The second kappa shape index (κ2) is 5.53. The van der Waals surface area contributed by atoms with Gasteiger partial charge in [-0.15, -0.1) is 11.3 Å². The molecule has 4 rings (SSSR count). The molecule has 0 aliphatic heterocycles. The summed E-state index contributed by atoms with van der Waals surface area (Å²) in [5.74, 6) is 0.444. The van der Waals surface area contributed by atoms with Gasteiger partial charge in [-0.05, 0) is 40.1 Å². The van der Waals surface area contributed by atoms with Gasteiger partial charge in [-0.1, -0.05) is 12.1 Å². The van der Waals surface area contributed by atoms with Crippen LogP contribution < -0.4 is 11.2 Å². The summed E-state index contributed by atoms with van der Waals surface area (Å²) in [4.78, 5) is 29.3. The molecule has 3 heterocycles. The van der Waals surface area contributed by atoms with Crippen LogP contribution in [0.25, 0.3) is 15.9 Å². The van der Waals surface area contributed by atoms with E-state index in [4.69, 9.17) is 0 Å². The standard InChI is InChI=1S/C15H12N6O2S/c1-19-12(16-11-6-3-2-5-10(11)14(19)22)9-20-15(23)21(18-17-20)13-7-4-8-24-13/h2-8H,9H2,1H3. The zero-order valence-corrected chi connectivity index (χ0v) is 13.5. The van der Waals surface area contributed by atoms with Crippen LogP contribution in [0, 0.1) is 0 Å². The lowest BCUT2D eigenvalue weighted by molar-refractivity contribution is 0.582. The Morgan fingerprint density at radius 1 is 1.08 bits per heavy atom. The molecule has 0 saturated carbocycles. The van der Waals surface area contributed by atoms with Crippen LogP contribution in [0.2, 0.25) is 0 Å². The number of fused-ring (bicyclic) bond motifs is 1. The molecule has 0 aliphatic carbocycles. The Morgan fingerprint density at radius 2 is 1.92 bits per heavy atom. The Labute approximate surface area is 139 Å². The third-order valence-electron chi connectivity index (χ3n) is 3.72. The fourth-order valence-electron chi connectivity index (χ4n) is 2.44. The topological polar surface area (TPSA) is 87.6 Å². The van der Waals surface area contributed by atoms with Gasteiger partial charge in [-0.2, -0.15) is 9.36 Å². The molecule has 0 aliphatic rings. The maximum atomic E-state index is 12.4. The Balaban J connectivity index is 1.80. The molecule has 0 saturated heterocycles. The zero-order valence-electron chi connectivity index (χ0n) is 12.7. The van der Waals surface area contributed by atoms with Crippen molar-refractivity contribution in [3.05, 3.63) is 68.4 Å². The van der Waals surface area contributed by atoms with E-state index in [1.54, 1.807) is 31.3 Å². The molecule has 0 bridgehead atoms. The van der Waals surface area contributed by atoms with Gasteiger partial charge in [0.05, 0.1) is 10.9 Å². The van der Waals surface area contributed by atoms with Crippen LogP contribution in [0.3, 0.4) is 0 Å². The van der Waals surface area contributed by atoms with Crippen molar-refractivity contribution in [3.8, 4) is 5.00 Å². The minimum Gasteiger partial charge on any atom is -0.298 e. The number of rotatable bonds is 3. The van der Waals surface area contributed by atoms with Crippen LogP contribution in [0.4, 0.5) is 0 Å². The largest absolute Gasteiger partial charge is 0.369 e. The van der Waals surface area contributed by atoms with E-state index in [-0.39, 0.29) is 17.8 Å². The number of hydrogen-bond acceptors (Lipinski definition) is 6. The van der Waals surface area contributed by atoms with Gasteiger partial charge in [-0.3, -0.25) is 9.36 Å². The molecule has 0 N–H and O–H groups in total. The zero-order chi connectivity index (χ0) is 16.7. The monoisotopic (exact) mass is 340 g/mol. The minimum absolute atomic E-state index is 0.0702. The van der Waals surface area contributed by atoms with Gasteiger partial charge >= 0.3 is 5.69 Å². The molecule has 120 valence electrons. The first-order valence-corrected chi connectivity index (χ1v) is 8.04. The average molecular weight is 340 g/mol. The number of tetrazole rings is 1. The van der Waals surface area contributed by atoms with Gasteiger partial charge < -0.3 is 0 Å². The van der Waals surface area contributed by atoms with Crippen molar-refractivity contribution in [1.82, 2.24) is 29.3 Å². The smallest absolute Gasteiger partial charge is 0.298 e. The molecular weight excluding hydrogens is 328 g/mol. The first-order valence-electron chi connectivity index (χ1n) is 7.16. The minimum atomic E-state index is -0.375. The third kappa shape index (κ3) is 2.26. The number of benzene rings is 1. The van der Waals surface area contributed by atoms with Crippen molar-refractivity contribution in [3.63, 3.8) is 0 Å². The van der Waals surface area contributed by atoms with Crippen LogP contribution in [-0.4, -0.2) is 29.3 Å². The molecule has 3 aromatic heterocycles. The highest BCUT2D eigenvalue weighted by Crippen LogP contribution is 2.11. The van der Waals surface area contributed by atoms with Gasteiger partial charge in [0.1, 0.15) is 17.4 Å². The summed E-state index contributed by atoms with van der Waals surface area (Å²) >= 11 is 1.39. The normalized spacial score (nSPS) is 11.2. The fraction of sp³-hybridized carbons (Fsp3) is 0.133. The molecule has 0 spiro atoms.